The second-order valence-electron chi connectivity index (χ2n) is 6.04. The monoisotopic (exact) mass is 317 g/mol. The SMILES string of the molecule is CCCS(=O)(=O)N1CCC(NC(=O)C2CCCNC2)CC1. The third kappa shape index (κ3) is 4.66. The molecule has 2 aliphatic heterocycles. The van der Waals surface area contributed by atoms with Crippen LogP contribution in [0.25, 0.3) is 0 Å². The number of piperidine rings is 2. The number of amides is 1. The number of carbonyl (C=O) groups is 1. The molecular weight excluding hydrogens is 290 g/mol. The number of hydrogen-bond donors (Lipinski definition) is 2. The molecule has 1 amide bonds. The second kappa shape index (κ2) is 7.56. The van der Waals surface area contributed by atoms with Gasteiger partial charge >= 0.3 is 0 Å². The maximum absolute atomic E-state index is 12.2. The Bertz CT molecular complexity index is 438. The van der Waals surface area contributed by atoms with Crippen molar-refractivity contribution in [2.45, 2.75) is 45.1 Å². The molecule has 0 aromatic carbocycles. The number of carbonyl (C=O) groups excluding carboxylic acids is 1. The van der Waals surface area contributed by atoms with Crippen LogP contribution in [0.4, 0.5) is 0 Å². The van der Waals surface area contributed by atoms with Crippen molar-refractivity contribution in [1.82, 2.24) is 14.9 Å². The van der Waals surface area contributed by atoms with Gasteiger partial charge in [-0.05, 0) is 38.6 Å². The molecule has 6 nitrogen and oxygen atoms in total. The van der Waals surface area contributed by atoms with Gasteiger partial charge in [0.25, 0.3) is 0 Å². The van der Waals surface area contributed by atoms with E-state index in [4.69, 9.17) is 0 Å². The van der Waals surface area contributed by atoms with Crippen LogP contribution in [-0.2, 0) is 14.8 Å². The normalized spacial score (nSPS) is 25.7. The summed E-state index contributed by atoms with van der Waals surface area (Å²) in [5, 5.41) is 6.34. The van der Waals surface area contributed by atoms with Crippen LogP contribution in [0.5, 0.6) is 0 Å². The topological polar surface area (TPSA) is 78.5 Å². The first-order chi connectivity index (χ1) is 10.0. The quantitative estimate of drug-likeness (QED) is 0.765. The van der Waals surface area contributed by atoms with Gasteiger partial charge in [-0.25, -0.2) is 12.7 Å². The highest BCUT2D eigenvalue weighted by molar-refractivity contribution is 7.89. The highest BCUT2D eigenvalue weighted by Crippen LogP contribution is 2.17. The van der Waals surface area contributed by atoms with Gasteiger partial charge in [0.1, 0.15) is 0 Å². The van der Waals surface area contributed by atoms with Gasteiger partial charge in [-0.2, -0.15) is 0 Å². The van der Waals surface area contributed by atoms with Crippen LogP contribution in [0, 0.1) is 5.92 Å². The average Bonchev–Trinajstić information content (AvgIpc) is 2.48. The van der Waals surface area contributed by atoms with Crippen LogP contribution in [0.3, 0.4) is 0 Å². The minimum absolute atomic E-state index is 0.0700. The number of nitrogens with one attached hydrogen (secondary N) is 2. The first-order valence-corrected chi connectivity index (χ1v) is 9.62. The summed E-state index contributed by atoms with van der Waals surface area (Å²) in [6.07, 6.45) is 4.08. The van der Waals surface area contributed by atoms with Crippen LogP contribution >= 0.6 is 0 Å². The van der Waals surface area contributed by atoms with E-state index >= 15 is 0 Å². The molecule has 2 heterocycles. The molecular formula is C14H27N3O3S. The Morgan fingerprint density at radius 2 is 2.00 bits per heavy atom. The zero-order valence-electron chi connectivity index (χ0n) is 12.8. The molecule has 2 aliphatic rings. The largest absolute Gasteiger partial charge is 0.353 e. The van der Waals surface area contributed by atoms with Gasteiger partial charge in [0.15, 0.2) is 0 Å². The van der Waals surface area contributed by atoms with Crippen molar-refractivity contribution in [3.63, 3.8) is 0 Å². The van der Waals surface area contributed by atoms with E-state index in [-0.39, 0.29) is 23.6 Å². The maximum atomic E-state index is 12.2. The van der Waals surface area contributed by atoms with Crippen LogP contribution in [0.1, 0.15) is 39.0 Å². The Morgan fingerprint density at radius 3 is 2.57 bits per heavy atom. The highest BCUT2D eigenvalue weighted by Gasteiger charge is 2.29. The summed E-state index contributed by atoms with van der Waals surface area (Å²) in [6, 6.07) is 0.118. The van der Waals surface area contributed by atoms with E-state index in [2.05, 4.69) is 10.6 Å². The molecule has 21 heavy (non-hydrogen) atoms. The van der Waals surface area contributed by atoms with E-state index in [9.17, 15) is 13.2 Å². The van der Waals surface area contributed by atoms with Crippen LogP contribution in [0.15, 0.2) is 0 Å². The highest BCUT2D eigenvalue weighted by atomic mass is 32.2. The van der Waals surface area contributed by atoms with E-state index in [1.807, 2.05) is 6.92 Å². The predicted octanol–water partition coefficient (Wildman–Crippen LogP) is 0.306. The minimum Gasteiger partial charge on any atom is -0.353 e. The van der Waals surface area contributed by atoms with E-state index in [0.29, 0.717) is 19.5 Å². The van der Waals surface area contributed by atoms with Crippen molar-refractivity contribution < 1.29 is 13.2 Å². The number of nitrogens with zero attached hydrogens (tertiary/aromatic N) is 1. The molecule has 0 bridgehead atoms. The molecule has 7 heteroatoms. The molecule has 2 rings (SSSR count). The Hall–Kier alpha value is -0.660. The lowest BCUT2D eigenvalue weighted by molar-refractivity contribution is -0.126. The fourth-order valence-electron chi connectivity index (χ4n) is 3.06. The van der Waals surface area contributed by atoms with Crippen LogP contribution in [-0.4, -0.2) is 56.6 Å². The molecule has 0 saturated carbocycles. The summed E-state index contributed by atoms with van der Waals surface area (Å²) in [5.41, 5.74) is 0. The lowest BCUT2D eigenvalue weighted by atomic mass is 9.97. The van der Waals surface area contributed by atoms with E-state index < -0.39 is 10.0 Å². The fourth-order valence-corrected chi connectivity index (χ4v) is 4.60. The summed E-state index contributed by atoms with van der Waals surface area (Å²) >= 11 is 0. The summed E-state index contributed by atoms with van der Waals surface area (Å²) in [6.45, 7) is 4.68. The Labute approximate surface area is 127 Å². The number of rotatable bonds is 5. The number of sulfonamides is 1. The summed E-state index contributed by atoms with van der Waals surface area (Å²) in [7, 11) is -3.10. The van der Waals surface area contributed by atoms with E-state index in [0.717, 1.165) is 38.8 Å². The van der Waals surface area contributed by atoms with Gasteiger partial charge in [0.05, 0.1) is 11.7 Å². The van der Waals surface area contributed by atoms with Gasteiger partial charge in [-0.15, -0.1) is 0 Å². The van der Waals surface area contributed by atoms with Crippen molar-refractivity contribution in [3.05, 3.63) is 0 Å². The van der Waals surface area contributed by atoms with Gasteiger partial charge < -0.3 is 10.6 Å². The zero-order chi connectivity index (χ0) is 15.3. The maximum Gasteiger partial charge on any atom is 0.224 e. The molecule has 0 aliphatic carbocycles. The van der Waals surface area contributed by atoms with Crippen molar-refractivity contribution in [1.29, 1.82) is 0 Å². The average molecular weight is 317 g/mol. The minimum atomic E-state index is -3.10. The molecule has 2 N–H and O–H groups in total. The lowest BCUT2D eigenvalue weighted by Crippen LogP contribution is -2.49. The molecule has 1 unspecified atom stereocenters. The molecule has 2 fully saturated rings. The van der Waals surface area contributed by atoms with Crippen molar-refractivity contribution >= 4 is 15.9 Å². The van der Waals surface area contributed by atoms with E-state index in [1.165, 1.54) is 0 Å². The molecule has 2 saturated heterocycles. The predicted molar refractivity (Wildman–Crippen MR) is 82.4 cm³/mol. The third-order valence-corrected chi connectivity index (χ3v) is 6.40. The molecule has 1 atom stereocenters. The Morgan fingerprint density at radius 1 is 1.29 bits per heavy atom. The molecule has 0 spiro atoms. The third-order valence-electron chi connectivity index (χ3n) is 4.32. The summed E-state index contributed by atoms with van der Waals surface area (Å²) in [4.78, 5) is 12.2. The standard InChI is InChI=1S/C14H27N3O3S/c1-2-10-21(19,20)17-8-5-13(6-9-17)16-14(18)12-4-3-7-15-11-12/h12-13,15H,2-11H2,1H3,(H,16,18). The molecule has 0 aromatic heterocycles. The first kappa shape index (κ1) is 16.7. The summed E-state index contributed by atoms with van der Waals surface area (Å²) in [5.74, 6) is 0.412. The molecule has 0 radical (unpaired) electrons. The van der Waals surface area contributed by atoms with Crippen molar-refractivity contribution in [2.24, 2.45) is 5.92 Å². The van der Waals surface area contributed by atoms with Crippen LogP contribution in [0.2, 0.25) is 0 Å². The van der Waals surface area contributed by atoms with Crippen molar-refractivity contribution in [2.75, 3.05) is 31.9 Å². The molecule has 0 aromatic rings. The van der Waals surface area contributed by atoms with Crippen LogP contribution < -0.4 is 10.6 Å². The summed E-state index contributed by atoms with van der Waals surface area (Å²) < 4.78 is 25.6. The Balaban J connectivity index is 1.77. The van der Waals surface area contributed by atoms with Gasteiger partial charge in [0.2, 0.25) is 15.9 Å². The van der Waals surface area contributed by atoms with E-state index in [1.54, 1.807) is 4.31 Å². The molecule has 122 valence electrons. The smallest absolute Gasteiger partial charge is 0.224 e. The number of hydrogen-bond acceptors (Lipinski definition) is 4. The first-order valence-electron chi connectivity index (χ1n) is 8.02. The zero-order valence-corrected chi connectivity index (χ0v) is 13.6. The van der Waals surface area contributed by atoms with Gasteiger partial charge in [-0.3, -0.25) is 4.79 Å². The fraction of sp³-hybridized carbons (Fsp3) is 0.929. The second-order valence-corrected chi connectivity index (χ2v) is 8.13. The van der Waals surface area contributed by atoms with Gasteiger partial charge in [0, 0.05) is 25.7 Å². The van der Waals surface area contributed by atoms with Gasteiger partial charge in [-0.1, -0.05) is 6.92 Å². The lowest BCUT2D eigenvalue weighted by Gasteiger charge is -2.32. The Kier molecular flexibility index (Phi) is 6.01. The van der Waals surface area contributed by atoms with Crippen molar-refractivity contribution in [3.8, 4) is 0 Å².